The molecular formula is C24H19N. The molecule has 0 amide bonds. The van der Waals surface area contributed by atoms with Gasteiger partial charge in [0.25, 0.3) is 0 Å². The summed E-state index contributed by atoms with van der Waals surface area (Å²) in [6.07, 6.45) is 0. The smallest absolute Gasteiger partial charge is 0.0540 e. The van der Waals surface area contributed by atoms with Crippen molar-refractivity contribution in [2.45, 2.75) is 0 Å². The van der Waals surface area contributed by atoms with Crippen LogP contribution in [-0.2, 0) is 0 Å². The van der Waals surface area contributed by atoms with Crippen LogP contribution in [-0.4, -0.2) is 0 Å². The first-order chi connectivity index (χ1) is 12.4. The third kappa shape index (κ3) is 3.17. The lowest BCUT2D eigenvalue weighted by Gasteiger charge is -2.27. The van der Waals surface area contributed by atoms with E-state index in [-0.39, 0.29) is 0 Å². The highest BCUT2D eigenvalue weighted by Gasteiger charge is 2.15. The fraction of sp³-hybridized carbons (Fsp3) is 0. The van der Waals surface area contributed by atoms with Crippen LogP contribution in [0.5, 0.6) is 0 Å². The molecule has 25 heavy (non-hydrogen) atoms. The summed E-state index contributed by atoms with van der Waals surface area (Å²) in [5.41, 5.74) is 5.91. The number of para-hydroxylation sites is 3. The first-order valence-corrected chi connectivity index (χ1v) is 8.48. The van der Waals surface area contributed by atoms with Gasteiger partial charge in [-0.25, -0.2) is 0 Å². The topological polar surface area (TPSA) is 3.24 Å². The Morgan fingerprint density at radius 3 is 1.40 bits per heavy atom. The van der Waals surface area contributed by atoms with Gasteiger partial charge in [0.05, 0.1) is 5.69 Å². The Kier molecular flexibility index (Phi) is 4.30. The van der Waals surface area contributed by atoms with Gasteiger partial charge in [-0.1, -0.05) is 84.9 Å². The fourth-order valence-corrected chi connectivity index (χ4v) is 3.11. The third-order valence-electron chi connectivity index (χ3n) is 4.26. The van der Waals surface area contributed by atoms with E-state index in [2.05, 4.69) is 120 Å². The van der Waals surface area contributed by atoms with Crippen LogP contribution in [0.4, 0.5) is 17.1 Å². The van der Waals surface area contributed by atoms with Crippen LogP contribution in [0.3, 0.4) is 0 Å². The molecule has 0 spiro atoms. The fourth-order valence-electron chi connectivity index (χ4n) is 3.11. The minimum Gasteiger partial charge on any atom is -0.310 e. The maximum Gasteiger partial charge on any atom is 0.0540 e. The van der Waals surface area contributed by atoms with E-state index in [4.69, 9.17) is 0 Å². The van der Waals surface area contributed by atoms with Crippen molar-refractivity contribution >= 4 is 17.1 Å². The minimum absolute atomic E-state index is 1.15. The Labute approximate surface area is 148 Å². The SMILES string of the molecule is c1ccc(-c2ccccc2N(c2ccccc2)c2ccccc2)cc1. The lowest BCUT2D eigenvalue weighted by molar-refractivity contribution is 1.28. The van der Waals surface area contributed by atoms with Gasteiger partial charge in [0.1, 0.15) is 0 Å². The molecule has 0 aliphatic heterocycles. The van der Waals surface area contributed by atoms with E-state index in [1.54, 1.807) is 0 Å². The van der Waals surface area contributed by atoms with Crippen molar-refractivity contribution in [1.82, 2.24) is 0 Å². The number of hydrogen-bond acceptors (Lipinski definition) is 1. The van der Waals surface area contributed by atoms with Crippen molar-refractivity contribution in [1.29, 1.82) is 0 Å². The van der Waals surface area contributed by atoms with Gasteiger partial charge in [0, 0.05) is 16.9 Å². The molecule has 0 aromatic heterocycles. The van der Waals surface area contributed by atoms with Crippen molar-refractivity contribution in [3.8, 4) is 11.1 Å². The first-order valence-electron chi connectivity index (χ1n) is 8.48. The van der Waals surface area contributed by atoms with Crippen LogP contribution < -0.4 is 4.90 Å². The molecule has 0 aliphatic rings. The zero-order valence-electron chi connectivity index (χ0n) is 13.9. The van der Waals surface area contributed by atoms with Gasteiger partial charge in [-0.15, -0.1) is 0 Å². The largest absolute Gasteiger partial charge is 0.310 e. The molecule has 0 unspecified atom stereocenters. The Morgan fingerprint density at radius 1 is 0.400 bits per heavy atom. The van der Waals surface area contributed by atoms with Gasteiger partial charge in [-0.2, -0.15) is 0 Å². The summed E-state index contributed by atoms with van der Waals surface area (Å²) < 4.78 is 0. The quantitative estimate of drug-likeness (QED) is 0.398. The van der Waals surface area contributed by atoms with Crippen LogP contribution in [0.2, 0.25) is 0 Å². The normalized spacial score (nSPS) is 10.4. The molecule has 0 heterocycles. The van der Waals surface area contributed by atoms with Crippen molar-refractivity contribution in [2.75, 3.05) is 4.90 Å². The van der Waals surface area contributed by atoms with E-state index in [0.29, 0.717) is 0 Å². The van der Waals surface area contributed by atoms with Crippen LogP contribution in [0, 0.1) is 0 Å². The van der Waals surface area contributed by atoms with Gasteiger partial charge >= 0.3 is 0 Å². The molecule has 1 heteroatoms. The maximum absolute atomic E-state index is 2.31. The van der Waals surface area contributed by atoms with Gasteiger partial charge < -0.3 is 4.90 Å². The minimum atomic E-state index is 1.15. The summed E-state index contributed by atoms with van der Waals surface area (Å²) >= 11 is 0. The molecule has 4 rings (SSSR count). The molecule has 4 aromatic carbocycles. The molecule has 0 N–H and O–H groups in total. The number of rotatable bonds is 4. The summed E-state index contributed by atoms with van der Waals surface area (Å²) in [6.45, 7) is 0. The predicted octanol–water partition coefficient (Wildman–Crippen LogP) is 6.82. The molecule has 0 saturated carbocycles. The molecule has 0 saturated heterocycles. The van der Waals surface area contributed by atoms with E-state index in [0.717, 1.165) is 11.4 Å². The van der Waals surface area contributed by atoms with Crippen LogP contribution >= 0.6 is 0 Å². The van der Waals surface area contributed by atoms with Gasteiger partial charge in [-0.05, 0) is 35.9 Å². The molecule has 0 bridgehead atoms. The van der Waals surface area contributed by atoms with Crippen molar-refractivity contribution in [3.05, 3.63) is 115 Å². The molecule has 0 aliphatic carbocycles. The molecule has 120 valence electrons. The molecular weight excluding hydrogens is 302 g/mol. The highest BCUT2D eigenvalue weighted by molar-refractivity contribution is 5.87. The number of nitrogens with zero attached hydrogens (tertiary/aromatic N) is 1. The Hall–Kier alpha value is -3.32. The average molecular weight is 321 g/mol. The van der Waals surface area contributed by atoms with Crippen molar-refractivity contribution < 1.29 is 0 Å². The molecule has 4 aromatic rings. The summed E-state index contributed by atoms with van der Waals surface area (Å²) in [4.78, 5) is 2.31. The number of hydrogen-bond donors (Lipinski definition) is 0. The van der Waals surface area contributed by atoms with Gasteiger partial charge in [0.15, 0.2) is 0 Å². The number of benzene rings is 4. The molecule has 1 nitrogen and oxygen atoms in total. The number of anilines is 3. The van der Waals surface area contributed by atoms with Gasteiger partial charge in [0.2, 0.25) is 0 Å². The Morgan fingerprint density at radius 2 is 0.840 bits per heavy atom. The van der Waals surface area contributed by atoms with Crippen LogP contribution in [0.25, 0.3) is 11.1 Å². The van der Waals surface area contributed by atoms with Crippen molar-refractivity contribution in [3.63, 3.8) is 0 Å². The highest BCUT2D eigenvalue weighted by Crippen LogP contribution is 2.40. The molecule has 0 atom stereocenters. The zero-order chi connectivity index (χ0) is 16.9. The Balaban J connectivity index is 1.93. The molecule has 0 fully saturated rings. The summed E-state index contributed by atoms with van der Waals surface area (Å²) in [5, 5.41) is 0. The maximum atomic E-state index is 2.31. The van der Waals surface area contributed by atoms with E-state index >= 15 is 0 Å². The zero-order valence-corrected chi connectivity index (χ0v) is 13.9. The Bertz CT molecular complexity index is 892. The lowest BCUT2D eigenvalue weighted by Crippen LogP contribution is -2.10. The monoisotopic (exact) mass is 321 g/mol. The molecule has 0 radical (unpaired) electrons. The summed E-state index contributed by atoms with van der Waals surface area (Å²) in [7, 11) is 0. The predicted molar refractivity (Wildman–Crippen MR) is 107 cm³/mol. The summed E-state index contributed by atoms with van der Waals surface area (Å²) in [6, 6.07) is 40.1. The second-order valence-electron chi connectivity index (χ2n) is 5.89. The van der Waals surface area contributed by atoms with Crippen LogP contribution in [0.1, 0.15) is 0 Å². The van der Waals surface area contributed by atoms with E-state index in [9.17, 15) is 0 Å². The average Bonchev–Trinajstić information content (AvgIpc) is 2.71. The highest BCUT2D eigenvalue weighted by atomic mass is 15.1. The third-order valence-corrected chi connectivity index (χ3v) is 4.26. The summed E-state index contributed by atoms with van der Waals surface area (Å²) in [5.74, 6) is 0. The van der Waals surface area contributed by atoms with Crippen molar-refractivity contribution in [2.24, 2.45) is 0 Å². The van der Waals surface area contributed by atoms with E-state index in [1.165, 1.54) is 16.8 Å². The lowest BCUT2D eigenvalue weighted by atomic mass is 10.0. The van der Waals surface area contributed by atoms with E-state index in [1.807, 2.05) is 0 Å². The van der Waals surface area contributed by atoms with E-state index < -0.39 is 0 Å². The first kappa shape index (κ1) is 15.2. The second-order valence-corrected chi connectivity index (χ2v) is 5.89. The van der Waals surface area contributed by atoms with Gasteiger partial charge in [-0.3, -0.25) is 0 Å². The second kappa shape index (κ2) is 7.06. The van der Waals surface area contributed by atoms with Crippen LogP contribution in [0.15, 0.2) is 115 Å². The standard InChI is InChI=1S/C24H19N/c1-4-12-20(13-5-1)23-18-10-11-19-24(23)25(21-14-6-2-7-15-21)22-16-8-3-9-17-22/h1-19H.